The molecule has 0 saturated carbocycles. The Kier molecular flexibility index (Phi) is 4.68. The first-order valence-electron chi connectivity index (χ1n) is 9.18. The van der Waals surface area contributed by atoms with Crippen molar-refractivity contribution in [1.82, 2.24) is 4.98 Å². The van der Waals surface area contributed by atoms with Gasteiger partial charge < -0.3 is 5.32 Å². The average Bonchev–Trinajstić information content (AvgIpc) is 3.45. The van der Waals surface area contributed by atoms with Gasteiger partial charge in [-0.05, 0) is 47.8 Å². The molecular formula is C24H16N2OS2. The van der Waals surface area contributed by atoms with Crippen molar-refractivity contribution >= 4 is 45.2 Å². The van der Waals surface area contributed by atoms with Gasteiger partial charge in [-0.2, -0.15) is 0 Å². The van der Waals surface area contributed by atoms with Gasteiger partial charge in [-0.15, -0.1) is 22.7 Å². The van der Waals surface area contributed by atoms with Crippen LogP contribution in [0.4, 0.5) is 5.69 Å². The Labute approximate surface area is 176 Å². The number of fused-ring (bicyclic) bond motifs is 1. The highest BCUT2D eigenvalue weighted by Crippen LogP contribution is 2.37. The lowest BCUT2D eigenvalue weighted by Gasteiger charge is -2.10. The van der Waals surface area contributed by atoms with E-state index in [0.717, 1.165) is 27.2 Å². The predicted octanol–water partition coefficient (Wildman–Crippen LogP) is 6.94. The molecule has 3 nitrogen and oxygen atoms in total. The van der Waals surface area contributed by atoms with Crippen molar-refractivity contribution in [3.63, 3.8) is 0 Å². The van der Waals surface area contributed by atoms with E-state index in [4.69, 9.17) is 4.98 Å². The number of carbonyl (C=O) groups is 1. The number of benzene rings is 2. The maximum atomic E-state index is 13.1. The number of aromatic nitrogens is 1. The number of hydrogen-bond donors (Lipinski definition) is 1. The van der Waals surface area contributed by atoms with Gasteiger partial charge >= 0.3 is 0 Å². The molecule has 0 spiro atoms. The summed E-state index contributed by atoms with van der Waals surface area (Å²) in [6, 6.07) is 27.5. The van der Waals surface area contributed by atoms with Crippen LogP contribution in [0.25, 0.3) is 31.2 Å². The molecule has 0 aliphatic heterocycles. The molecule has 0 unspecified atom stereocenters. The van der Waals surface area contributed by atoms with Crippen molar-refractivity contribution in [3.05, 3.63) is 95.9 Å². The van der Waals surface area contributed by atoms with E-state index in [1.807, 2.05) is 60.7 Å². The highest BCUT2D eigenvalue weighted by atomic mass is 32.1. The number of anilines is 1. The second-order valence-corrected chi connectivity index (χ2v) is 8.57. The van der Waals surface area contributed by atoms with Crippen LogP contribution < -0.4 is 5.32 Å². The number of pyridine rings is 1. The first-order valence-corrected chi connectivity index (χ1v) is 10.9. The molecule has 1 N–H and O–H groups in total. The Morgan fingerprint density at radius 3 is 2.41 bits per heavy atom. The third-order valence-corrected chi connectivity index (χ3v) is 6.79. The first kappa shape index (κ1) is 17.8. The molecule has 0 fully saturated rings. The zero-order chi connectivity index (χ0) is 19.6. The quantitative estimate of drug-likeness (QED) is 0.347. The SMILES string of the molecule is O=C(Nc1ccccc1)c1cc(-c2ccc(-c3cccs3)s2)nc2ccccc12. The minimum atomic E-state index is -0.133. The lowest BCUT2D eigenvalue weighted by atomic mass is 10.1. The Bertz CT molecular complexity index is 1290. The van der Waals surface area contributed by atoms with E-state index in [1.54, 1.807) is 22.7 Å². The van der Waals surface area contributed by atoms with Crippen LogP contribution in [0.3, 0.4) is 0 Å². The van der Waals surface area contributed by atoms with Crippen LogP contribution in [0.5, 0.6) is 0 Å². The minimum absolute atomic E-state index is 0.133. The van der Waals surface area contributed by atoms with E-state index >= 15 is 0 Å². The number of carbonyl (C=O) groups excluding carboxylic acids is 1. The number of thiophene rings is 2. The molecule has 5 heteroatoms. The van der Waals surface area contributed by atoms with E-state index in [-0.39, 0.29) is 5.91 Å². The molecule has 29 heavy (non-hydrogen) atoms. The van der Waals surface area contributed by atoms with Crippen molar-refractivity contribution in [2.45, 2.75) is 0 Å². The van der Waals surface area contributed by atoms with Crippen LogP contribution in [0, 0.1) is 0 Å². The van der Waals surface area contributed by atoms with Crippen molar-refractivity contribution in [3.8, 4) is 20.3 Å². The van der Waals surface area contributed by atoms with E-state index in [1.165, 1.54) is 9.75 Å². The number of hydrogen-bond acceptors (Lipinski definition) is 4. The van der Waals surface area contributed by atoms with Crippen molar-refractivity contribution < 1.29 is 4.79 Å². The fraction of sp³-hybridized carbons (Fsp3) is 0. The van der Waals surface area contributed by atoms with Crippen molar-refractivity contribution in [2.24, 2.45) is 0 Å². The van der Waals surface area contributed by atoms with Gasteiger partial charge in [-0.25, -0.2) is 4.98 Å². The number of amides is 1. The molecule has 140 valence electrons. The highest BCUT2D eigenvalue weighted by molar-refractivity contribution is 7.23. The zero-order valence-corrected chi connectivity index (χ0v) is 17.0. The fourth-order valence-corrected chi connectivity index (χ4v) is 5.04. The van der Waals surface area contributed by atoms with Crippen LogP contribution >= 0.6 is 22.7 Å². The van der Waals surface area contributed by atoms with Gasteiger partial charge in [0.05, 0.1) is 21.7 Å². The third kappa shape index (κ3) is 3.58. The molecule has 0 aliphatic rings. The van der Waals surface area contributed by atoms with Gasteiger partial charge in [0, 0.05) is 20.8 Å². The molecular weight excluding hydrogens is 396 g/mol. The Balaban J connectivity index is 1.58. The van der Waals surface area contributed by atoms with Crippen LogP contribution in [0.1, 0.15) is 10.4 Å². The molecule has 0 radical (unpaired) electrons. The number of nitrogens with zero attached hydrogens (tertiary/aromatic N) is 1. The summed E-state index contributed by atoms with van der Waals surface area (Å²) in [5, 5.41) is 5.92. The number of rotatable bonds is 4. The third-order valence-electron chi connectivity index (χ3n) is 4.61. The van der Waals surface area contributed by atoms with E-state index in [0.29, 0.717) is 5.56 Å². The van der Waals surface area contributed by atoms with Crippen LogP contribution in [-0.4, -0.2) is 10.9 Å². The van der Waals surface area contributed by atoms with Gasteiger partial charge in [0.25, 0.3) is 5.91 Å². The van der Waals surface area contributed by atoms with Gasteiger partial charge in [0.2, 0.25) is 0 Å². The van der Waals surface area contributed by atoms with E-state index in [9.17, 15) is 4.79 Å². The molecule has 2 aromatic carbocycles. The summed E-state index contributed by atoms with van der Waals surface area (Å²) >= 11 is 3.42. The fourth-order valence-electron chi connectivity index (χ4n) is 3.24. The highest BCUT2D eigenvalue weighted by Gasteiger charge is 2.15. The Morgan fingerprint density at radius 2 is 1.59 bits per heavy atom. The van der Waals surface area contributed by atoms with Crippen molar-refractivity contribution in [1.29, 1.82) is 0 Å². The maximum absolute atomic E-state index is 13.1. The molecule has 1 amide bonds. The van der Waals surface area contributed by atoms with Gasteiger partial charge in [-0.1, -0.05) is 42.5 Å². The maximum Gasteiger partial charge on any atom is 0.256 e. The van der Waals surface area contributed by atoms with E-state index < -0.39 is 0 Å². The summed E-state index contributed by atoms with van der Waals surface area (Å²) in [6.45, 7) is 0. The summed E-state index contributed by atoms with van der Waals surface area (Å²) in [4.78, 5) is 21.4. The molecule has 0 saturated heterocycles. The minimum Gasteiger partial charge on any atom is -0.322 e. The molecule has 5 rings (SSSR count). The normalized spacial score (nSPS) is 10.9. The monoisotopic (exact) mass is 412 g/mol. The molecule has 5 aromatic rings. The Hall–Kier alpha value is -3.28. The summed E-state index contributed by atoms with van der Waals surface area (Å²) in [6.07, 6.45) is 0. The Morgan fingerprint density at radius 1 is 0.793 bits per heavy atom. The second-order valence-electron chi connectivity index (χ2n) is 6.53. The van der Waals surface area contributed by atoms with Gasteiger partial charge in [0.15, 0.2) is 0 Å². The summed E-state index contributed by atoms with van der Waals surface area (Å²) in [5.41, 5.74) is 3.03. The second kappa shape index (κ2) is 7.62. The lowest BCUT2D eigenvalue weighted by molar-refractivity contribution is 0.102. The summed E-state index contributed by atoms with van der Waals surface area (Å²) in [5.74, 6) is -0.133. The lowest BCUT2D eigenvalue weighted by Crippen LogP contribution is -2.13. The standard InChI is InChI=1S/C24H16N2OS2/c27-24(25-16-7-2-1-3-8-16)18-15-20(26-19-10-5-4-9-17(18)19)21-12-13-23(29-21)22-11-6-14-28-22/h1-15H,(H,25,27). The smallest absolute Gasteiger partial charge is 0.256 e. The van der Waals surface area contributed by atoms with Crippen LogP contribution in [0.15, 0.2) is 90.3 Å². The van der Waals surface area contributed by atoms with Crippen LogP contribution in [0.2, 0.25) is 0 Å². The average molecular weight is 413 g/mol. The summed E-state index contributed by atoms with van der Waals surface area (Å²) in [7, 11) is 0. The number of nitrogens with one attached hydrogen (secondary N) is 1. The molecule has 0 bridgehead atoms. The topological polar surface area (TPSA) is 42.0 Å². The van der Waals surface area contributed by atoms with Crippen LogP contribution in [-0.2, 0) is 0 Å². The summed E-state index contributed by atoms with van der Waals surface area (Å²) < 4.78 is 0. The number of para-hydroxylation sites is 2. The largest absolute Gasteiger partial charge is 0.322 e. The van der Waals surface area contributed by atoms with Gasteiger partial charge in [-0.3, -0.25) is 4.79 Å². The van der Waals surface area contributed by atoms with Crippen molar-refractivity contribution in [2.75, 3.05) is 5.32 Å². The molecule has 3 aromatic heterocycles. The zero-order valence-electron chi connectivity index (χ0n) is 15.3. The molecule has 0 aliphatic carbocycles. The molecule has 0 atom stereocenters. The first-order chi connectivity index (χ1) is 14.3. The van der Waals surface area contributed by atoms with Gasteiger partial charge in [0.1, 0.15) is 0 Å². The van der Waals surface area contributed by atoms with E-state index in [2.05, 4.69) is 35.0 Å². The molecule has 3 heterocycles. The predicted molar refractivity (Wildman–Crippen MR) is 123 cm³/mol.